The second-order valence-corrected chi connectivity index (χ2v) is 4.96. The molecule has 1 aliphatic heterocycles. The number of ether oxygens (including phenoxy) is 2. The van der Waals surface area contributed by atoms with Crippen molar-refractivity contribution in [3.63, 3.8) is 0 Å². The van der Waals surface area contributed by atoms with Crippen LogP contribution in [0.2, 0.25) is 0 Å². The van der Waals surface area contributed by atoms with Crippen molar-refractivity contribution < 1.29 is 19.0 Å². The third-order valence-corrected chi connectivity index (χ3v) is 3.29. The second kappa shape index (κ2) is 8.32. The molecule has 5 nitrogen and oxygen atoms in total. The molecule has 0 aliphatic carbocycles. The number of hydrogen-bond donors (Lipinski definition) is 2. The Kier molecular flexibility index (Phi) is 6.36. The lowest BCUT2D eigenvalue weighted by atomic mass is 10.0. The Morgan fingerprint density at radius 3 is 3.00 bits per heavy atom. The maximum atomic E-state index is 9.76. The van der Waals surface area contributed by atoms with Gasteiger partial charge in [0.2, 0.25) is 0 Å². The Bertz CT molecular complexity index is 322. The van der Waals surface area contributed by atoms with E-state index in [2.05, 4.69) is 5.32 Å². The van der Waals surface area contributed by atoms with E-state index in [1.165, 1.54) is 0 Å². The van der Waals surface area contributed by atoms with Crippen LogP contribution in [-0.2, 0) is 16.1 Å². The molecular weight excluding hydrogens is 246 g/mol. The monoisotopic (exact) mass is 269 g/mol. The zero-order chi connectivity index (χ0) is 13.3. The summed E-state index contributed by atoms with van der Waals surface area (Å²) in [5, 5.41) is 13.1. The van der Waals surface area contributed by atoms with Crippen molar-refractivity contribution in [1.29, 1.82) is 0 Å². The van der Waals surface area contributed by atoms with E-state index in [4.69, 9.17) is 13.9 Å². The molecule has 2 N–H and O–H groups in total. The number of nitrogens with one attached hydrogen (secondary N) is 1. The number of rotatable bonds is 8. The summed E-state index contributed by atoms with van der Waals surface area (Å²) in [4.78, 5) is 0. The van der Waals surface area contributed by atoms with E-state index in [0.29, 0.717) is 25.7 Å². The van der Waals surface area contributed by atoms with Crippen molar-refractivity contribution in [3.05, 3.63) is 24.2 Å². The summed E-state index contributed by atoms with van der Waals surface area (Å²) in [5.41, 5.74) is 0. The van der Waals surface area contributed by atoms with Crippen molar-refractivity contribution >= 4 is 0 Å². The van der Waals surface area contributed by atoms with E-state index in [1.807, 2.05) is 12.1 Å². The molecule has 1 aromatic heterocycles. The zero-order valence-corrected chi connectivity index (χ0v) is 11.2. The number of aliphatic hydroxyl groups excluding tert-OH is 1. The van der Waals surface area contributed by atoms with Gasteiger partial charge in [0.15, 0.2) is 0 Å². The van der Waals surface area contributed by atoms with E-state index >= 15 is 0 Å². The molecular formula is C14H23NO4. The predicted molar refractivity (Wildman–Crippen MR) is 70.8 cm³/mol. The summed E-state index contributed by atoms with van der Waals surface area (Å²) in [5.74, 6) is 1.45. The van der Waals surface area contributed by atoms with Crippen molar-refractivity contribution in [3.8, 4) is 0 Å². The molecule has 0 amide bonds. The molecule has 108 valence electrons. The molecule has 1 fully saturated rings. The highest BCUT2D eigenvalue weighted by molar-refractivity contribution is 4.96. The highest BCUT2D eigenvalue weighted by atomic mass is 16.5. The Balaban J connectivity index is 1.48. The molecule has 0 saturated carbocycles. The molecule has 0 radical (unpaired) electrons. The smallest absolute Gasteiger partial charge is 0.129 e. The van der Waals surface area contributed by atoms with Crippen LogP contribution in [0, 0.1) is 5.92 Å². The topological polar surface area (TPSA) is 63.9 Å². The summed E-state index contributed by atoms with van der Waals surface area (Å²) in [7, 11) is 0. The molecule has 1 saturated heterocycles. The van der Waals surface area contributed by atoms with Gasteiger partial charge in [-0.1, -0.05) is 0 Å². The first-order valence-corrected chi connectivity index (χ1v) is 6.91. The van der Waals surface area contributed by atoms with Crippen LogP contribution >= 0.6 is 0 Å². The van der Waals surface area contributed by atoms with Gasteiger partial charge in [-0.15, -0.1) is 0 Å². The van der Waals surface area contributed by atoms with Gasteiger partial charge in [-0.3, -0.25) is 0 Å². The van der Waals surface area contributed by atoms with E-state index in [-0.39, 0.29) is 0 Å². The molecule has 2 rings (SSSR count). The predicted octanol–water partition coefficient (Wildman–Crippen LogP) is 1.17. The standard InChI is InChI=1S/C14H23NO4/c16-13(10-18-11-14-2-1-5-19-14)9-15-8-12-3-6-17-7-4-12/h1-2,5,12-13,15-16H,3-4,6-11H2. The molecule has 0 spiro atoms. The van der Waals surface area contributed by atoms with Crippen molar-refractivity contribution in [2.75, 3.05) is 32.9 Å². The van der Waals surface area contributed by atoms with Crippen molar-refractivity contribution in [2.24, 2.45) is 5.92 Å². The minimum absolute atomic E-state index is 0.321. The van der Waals surface area contributed by atoms with Gasteiger partial charge >= 0.3 is 0 Å². The lowest BCUT2D eigenvalue weighted by Gasteiger charge is -2.22. The minimum atomic E-state index is -0.477. The average molecular weight is 269 g/mol. The van der Waals surface area contributed by atoms with Crippen molar-refractivity contribution in [1.82, 2.24) is 5.32 Å². The van der Waals surface area contributed by atoms with Gasteiger partial charge in [0.1, 0.15) is 12.4 Å². The van der Waals surface area contributed by atoms with Gasteiger partial charge in [-0.25, -0.2) is 0 Å². The third-order valence-electron chi connectivity index (χ3n) is 3.29. The van der Waals surface area contributed by atoms with Gasteiger partial charge in [-0.05, 0) is 37.4 Å². The summed E-state index contributed by atoms with van der Waals surface area (Å²) in [6.07, 6.45) is 3.36. The van der Waals surface area contributed by atoms with Crippen LogP contribution in [0.5, 0.6) is 0 Å². The summed E-state index contributed by atoms with van der Waals surface area (Å²) in [6, 6.07) is 3.68. The maximum Gasteiger partial charge on any atom is 0.129 e. The molecule has 1 unspecified atom stereocenters. The minimum Gasteiger partial charge on any atom is -0.467 e. The van der Waals surface area contributed by atoms with E-state index in [0.717, 1.165) is 38.4 Å². The van der Waals surface area contributed by atoms with Crippen LogP contribution in [0.25, 0.3) is 0 Å². The van der Waals surface area contributed by atoms with E-state index in [1.54, 1.807) is 6.26 Å². The Morgan fingerprint density at radius 2 is 2.26 bits per heavy atom. The molecule has 5 heteroatoms. The number of aliphatic hydroxyl groups is 1. The molecule has 0 bridgehead atoms. The fraction of sp³-hybridized carbons (Fsp3) is 0.714. The summed E-state index contributed by atoms with van der Waals surface area (Å²) in [6.45, 7) is 3.96. The van der Waals surface area contributed by atoms with Crippen LogP contribution in [0.4, 0.5) is 0 Å². The lowest BCUT2D eigenvalue weighted by Crippen LogP contribution is -2.35. The highest BCUT2D eigenvalue weighted by Gasteiger charge is 2.13. The Hall–Kier alpha value is -0.880. The fourth-order valence-electron chi connectivity index (χ4n) is 2.15. The lowest BCUT2D eigenvalue weighted by molar-refractivity contribution is 0.0208. The fourth-order valence-corrected chi connectivity index (χ4v) is 2.15. The van der Waals surface area contributed by atoms with E-state index in [9.17, 15) is 5.11 Å². The average Bonchev–Trinajstić information content (AvgIpc) is 2.93. The quantitative estimate of drug-likeness (QED) is 0.742. The maximum absolute atomic E-state index is 9.76. The first kappa shape index (κ1) is 14.5. The summed E-state index contributed by atoms with van der Waals surface area (Å²) >= 11 is 0. The molecule has 0 aromatic carbocycles. The van der Waals surface area contributed by atoms with Crippen molar-refractivity contribution in [2.45, 2.75) is 25.6 Å². The molecule has 19 heavy (non-hydrogen) atoms. The molecule has 1 atom stereocenters. The zero-order valence-electron chi connectivity index (χ0n) is 11.2. The Labute approximate surface area is 113 Å². The molecule has 2 heterocycles. The summed E-state index contributed by atoms with van der Waals surface area (Å²) < 4.78 is 15.8. The first-order chi connectivity index (χ1) is 9.34. The van der Waals surface area contributed by atoms with Crippen LogP contribution in [0.3, 0.4) is 0 Å². The van der Waals surface area contributed by atoms with Crippen LogP contribution in [0.1, 0.15) is 18.6 Å². The van der Waals surface area contributed by atoms with Gasteiger partial charge in [0.25, 0.3) is 0 Å². The van der Waals surface area contributed by atoms with Gasteiger partial charge in [0, 0.05) is 19.8 Å². The molecule has 1 aromatic rings. The largest absolute Gasteiger partial charge is 0.467 e. The normalized spacial score (nSPS) is 18.6. The second-order valence-electron chi connectivity index (χ2n) is 4.96. The third kappa shape index (κ3) is 5.74. The van der Waals surface area contributed by atoms with Gasteiger partial charge in [0.05, 0.1) is 19.0 Å². The SMILES string of the molecule is OC(CNCC1CCOCC1)COCc1ccco1. The first-order valence-electron chi connectivity index (χ1n) is 6.91. The van der Waals surface area contributed by atoms with E-state index < -0.39 is 6.10 Å². The van der Waals surface area contributed by atoms with Crippen LogP contribution < -0.4 is 5.32 Å². The Morgan fingerprint density at radius 1 is 1.42 bits per heavy atom. The van der Waals surface area contributed by atoms with Crippen LogP contribution in [0.15, 0.2) is 22.8 Å². The van der Waals surface area contributed by atoms with Crippen LogP contribution in [-0.4, -0.2) is 44.1 Å². The number of furan rings is 1. The van der Waals surface area contributed by atoms with Gasteiger partial charge in [-0.2, -0.15) is 0 Å². The highest BCUT2D eigenvalue weighted by Crippen LogP contribution is 2.13. The van der Waals surface area contributed by atoms with Gasteiger partial charge < -0.3 is 24.3 Å². The number of hydrogen-bond acceptors (Lipinski definition) is 5. The molecule has 1 aliphatic rings.